The van der Waals surface area contributed by atoms with Gasteiger partial charge >= 0.3 is 0 Å². The van der Waals surface area contributed by atoms with Gasteiger partial charge in [-0.3, -0.25) is 0 Å². The van der Waals surface area contributed by atoms with E-state index < -0.39 is 0 Å². The van der Waals surface area contributed by atoms with Gasteiger partial charge in [0.1, 0.15) is 17.5 Å². The lowest BCUT2D eigenvalue weighted by atomic mass is 10.1. The summed E-state index contributed by atoms with van der Waals surface area (Å²) >= 11 is 0. The Kier molecular flexibility index (Phi) is 3.24. The number of imidazole rings is 1. The van der Waals surface area contributed by atoms with Crippen molar-refractivity contribution in [2.24, 2.45) is 7.05 Å². The highest BCUT2D eigenvalue weighted by Crippen LogP contribution is 2.21. The zero-order chi connectivity index (χ0) is 12.3. The van der Waals surface area contributed by atoms with Gasteiger partial charge in [0.05, 0.1) is 6.33 Å². The minimum atomic E-state index is 0.605. The maximum atomic E-state index is 9.08. The van der Waals surface area contributed by atoms with Crippen LogP contribution in [0.5, 0.6) is 0 Å². The van der Waals surface area contributed by atoms with E-state index in [1.807, 2.05) is 19.2 Å². The summed E-state index contributed by atoms with van der Waals surface area (Å²) in [4.78, 5) is 4.27. The van der Waals surface area contributed by atoms with Crippen LogP contribution < -0.4 is 0 Å². The van der Waals surface area contributed by atoms with Crippen molar-refractivity contribution in [2.75, 3.05) is 0 Å². The van der Waals surface area contributed by atoms with Crippen molar-refractivity contribution in [3.05, 3.63) is 41.9 Å². The molecule has 3 heteroatoms. The first-order chi connectivity index (χ1) is 8.26. The van der Waals surface area contributed by atoms with Crippen molar-refractivity contribution in [3.8, 4) is 17.3 Å². The standard InChI is InChI=1S/C14H15N3/c1-3-4-11-5-7-12(8-6-11)14-13(9-15)17(2)10-16-14/h5-8,10H,3-4H2,1-2H3. The molecule has 0 aliphatic rings. The summed E-state index contributed by atoms with van der Waals surface area (Å²) in [6, 6.07) is 10.5. The zero-order valence-corrected chi connectivity index (χ0v) is 10.1. The molecule has 0 aliphatic carbocycles. The van der Waals surface area contributed by atoms with Gasteiger partial charge in [0.15, 0.2) is 0 Å². The summed E-state index contributed by atoms with van der Waals surface area (Å²) in [7, 11) is 1.83. The van der Waals surface area contributed by atoms with Crippen LogP contribution in [0.1, 0.15) is 24.6 Å². The minimum absolute atomic E-state index is 0.605. The van der Waals surface area contributed by atoms with Crippen LogP contribution in [-0.2, 0) is 13.5 Å². The number of nitrogens with zero attached hydrogens (tertiary/aromatic N) is 3. The van der Waals surface area contributed by atoms with E-state index in [-0.39, 0.29) is 0 Å². The van der Waals surface area contributed by atoms with E-state index in [9.17, 15) is 0 Å². The Balaban J connectivity index is 2.37. The van der Waals surface area contributed by atoms with Crippen molar-refractivity contribution in [2.45, 2.75) is 19.8 Å². The van der Waals surface area contributed by atoms with Gasteiger partial charge in [0.2, 0.25) is 0 Å². The van der Waals surface area contributed by atoms with Gasteiger partial charge in [-0.1, -0.05) is 37.6 Å². The molecule has 0 amide bonds. The van der Waals surface area contributed by atoms with E-state index in [1.165, 1.54) is 5.56 Å². The highest BCUT2D eigenvalue weighted by molar-refractivity contribution is 5.65. The Labute approximate surface area is 101 Å². The number of nitriles is 1. The zero-order valence-electron chi connectivity index (χ0n) is 10.1. The fourth-order valence-electron chi connectivity index (χ4n) is 1.89. The Morgan fingerprint density at radius 1 is 1.29 bits per heavy atom. The van der Waals surface area contributed by atoms with Crippen LogP contribution in [0, 0.1) is 11.3 Å². The topological polar surface area (TPSA) is 41.6 Å². The van der Waals surface area contributed by atoms with Gasteiger partial charge in [-0.2, -0.15) is 5.26 Å². The molecular weight excluding hydrogens is 210 g/mol. The van der Waals surface area contributed by atoms with Crippen molar-refractivity contribution in [1.29, 1.82) is 5.26 Å². The average Bonchev–Trinajstić information content (AvgIpc) is 2.72. The van der Waals surface area contributed by atoms with Crippen LogP contribution in [0.2, 0.25) is 0 Å². The molecule has 0 spiro atoms. The molecule has 86 valence electrons. The molecule has 0 N–H and O–H groups in total. The normalized spacial score (nSPS) is 10.2. The maximum absolute atomic E-state index is 9.08. The third kappa shape index (κ3) is 2.21. The van der Waals surface area contributed by atoms with Crippen LogP contribution in [0.3, 0.4) is 0 Å². The number of benzene rings is 1. The Bertz CT molecular complexity index is 544. The lowest BCUT2D eigenvalue weighted by Gasteiger charge is -2.01. The number of hydrogen-bond donors (Lipinski definition) is 0. The maximum Gasteiger partial charge on any atom is 0.147 e. The Morgan fingerprint density at radius 2 is 2.00 bits per heavy atom. The summed E-state index contributed by atoms with van der Waals surface area (Å²) in [5, 5.41) is 9.08. The quantitative estimate of drug-likeness (QED) is 0.806. The van der Waals surface area contributed by atoms with Crippen molar-refractivity contribution >= 4 is 0 Å². The minimum Gasteiger partial charge on any atom is -0.325 e. The summed E-state index contributed by atoms with van der Waals surface area (Å²) in [5.41, 5.74) is 3.69. The summed E-state index contributed by atoms with van der Waals surface area (Å²) in [6.07, 6.45) is 3.91. The van der Waals surface area contributed by atoms with Gasteiger partial charge < -0.3 is 4.57 Å². The van der Waals surface area contributed by atoms with Gasteiger partial charge in [-0.25, -0.2) is 4.98 Å². The van der Waals surface area contributed by atoms with E-state index in [4.69, 9.17) is 5.26 Å². The molecule has 0 atom stereocenters. The molecule has 1 aromatic heterocycles. The number of aryl methyl sites for hydroxylation is 2. The van der Waals surface area contributed by atoms with E-state index in [2.05, 4.69) is 30.1 Å². The lowest BCUT2D eigenvalue weighted by molar-refractivity contribution is 0.897. The molecule has 2 aromatic rings. The van der Waals surface area contributed by atoms with Crippen LogP contribution in [-0.4, -0.2) is 9.55 Å². The van der Waals surface area contributed by atoms with Gasteiger partial charge in [0, 0.05) is 12.6 Å². The number of hydrogen-bond acceptors (Lipinski definition) is 2. The largest absolute Gasteiger partial charge is 0.325 e. The molecule has 0 aliphatic heterocycles. The molecule has 0 radical (unpaired) electrons. The average molecular weight is 225 g/mol. The first-order valence-electron chi connectivity index (χ1n) is 5.77. The van der Waals surface area contributed by atoms with Crippen LogP contribution >= 0.6 is 0 Å². The second-order valence-electron chi connectivity index (χ2n) is 4.11. The summed E-state index contributed by atoms with van der Waals surface area (Å²) in [6.45, 7) is 2.17. The van der Waals surface area contributed by atoms with Gasteiger partial charge in [-0.05, 0) is 12.0 Å². The van der Waals surface area contributed by atoms with Crippen LogP contribution in [0.25, 0.3) is 11.3 Å². The van der Waals surface area contributed by atoms with E-state index in [0.29, 0.717) is 5.69 Å². The van der Waals surface area contributed by atoms with Crippen molar-refractivity contribution < 1.29 is 0 Å². The highest BCUT2D eigenvalue weighted by atomic mass is 15.0. The first-order valence-corrected chi connectivity index (χ1v) is 5.77. The molecular formula is C14H15N3. The predicted molar refractivity (Wildman–Crippen MR) is 67.4 cm³/mol. The Morgan fingerprint density at radius 3 is 2.59 bits per heavy atom. The second-order valence-corrected chi connectivity index (χ2v) is 4.11. The summed E-state index contributed by atoms with van der Waals surface area (Å²) < 4.78 is 1.75. The highest BCUT2D eigenvalue weighted by Gasteiger charge is 2.09. The van der Waals surface area contributed by atoms with Crippen molar-refractivity contribution in [3.63, 3.8) is 0 Å². The fourth-order valence-corrected chi connectivity index (χ4v) is 1.89. The molecule has 3 nitrogen and oxygen atoms in total. The molecule has 0 unspecified atom stereocenters. The van der Waals surface area contributed by atoms with E-state index in [0.717, 1.165) is 24.1 Å². The number of rotatable bonds is 3. The van der Waals surface area contributed by atoms with Gasteiger partial charge in [0.25, 0.3) is 0 Å². The molecule has 0 saturated heterocycles. The van der Waals surface area contributed by atoms with Crippen LogP contribution in [0.15, 0.2) is 30.6 Å². The SMILES string of the molecule is CCCc1ccc(-c2ncn(C)c2C#N)cc1. The molecule has 0 saturated carbocycles. The second kappa shape index (κ2) is 4.84. The summed E-state index contributed by atoms with van der Waals surface area (Å²) in [5.74, 6) is 0. The predicted octanol–water partition coefficient (Wildman–Crippen LogP) is 2.91. The third-order valence-corrected chi connectivity index (χ3v) is 2.81. The monoisotopic (exact) mass is 225 g/mol. The first kappa shape index (κ1) is 11.4. The fraction of sp³-hybridized carbons (Fsp3) is 0.286. The van der Waals surface area contributed by atoms with Gasteiger partial charge in [-0.15, -0.1) is 0 Å². The lowest BCUT2D eigenvalue weighted by Crippen LogP contribution is -1.91. The molecule has 17 heavy (non-hydrogen) atoms. The van der Waals surface area contributed by atoms with E-state index >= 15 is 0 Å². The number of aromatic nitrogens is 2. The molecule has 1 aromatic carbocycles. The molecule has 0 bridgehead atoms. The third-order valence-electron chi connectivity index (χ3n) is 2.81. The van der Waals surface area contributed by atoms with Crippen molar-refractivity contribution in [1.82, 2.24) is 9.55 Å². The Hall–Kier alpha value is -2.08. The van der Waals surface area contributed by atoms with E-state index in [1.54, 1.807) is 10.9 Å². The van der Waals surface area contributed by atoms with Crippen LogP contribution in [0.4, 0.5) is 0 Å². The smallest absolute Gasteiger partial charge is 0.147 e. The molecule has 2 rings (SSSR count). The molecule has 1 heterocycles. The molecule has 0 fully saturated rings.